The molecule has 1 fully saturated rings. The van der Waals surface area contributed by atoms with Gasteiger partial charge in [-0.15, -0.1) is 0 Å². The van der Waals surface area contributed by atoms with Crippen LogP contribution in [0.1, 0.15) is 55.0 Å². The van der Waals surface area contributed by atoms with Crippen molar-refractivity contribution in [3.8, 4) is 0 Å². The Morgan fingerprint density at radius 1 is 0.711 bits per heavy atom. The third kappa shape index (κ3) is 20.4. The minimum atomic E-state index is -0.686. The molecule has 1 saturated carbocycles. The van der Waals surface area contributed by atoms with Crippen molar-refractivity contribution in [1.82, 2.24) is 19.7 Å². The molecule has 4 N–H and O–H groups in total. The van der Waals surface area contributed by atoms with Crippen LogP contribution in [0.15, 0.2) is 53.2 Å². The fourth-order valence-corrected chi connectivity index (χ4v) is 8.58. The molecule has 76 heavy (non-hydrogen) atoms. The maximum atomic E-state index is 13.9. The van der Waals surface area contributed by atoms with Gasteiger partial charge < -0.3 is 68.4 Å². The minimum absolute atomic E-state index is 0.0859. The highest BCUT2D eigenvalue weighted by Crippen LogP contribution is 2.50. The number of benzene rings is 1. The number of imide groups is 1. The number of pyridine rings is 1. The van der Waals surface area contributed by atoms with E-state index in [4.69, 9.17) is 58.1 Å². The summed E-state index contributed by atoms with van der Waals surface area (Å²) in [6.45, 7) is 14.2. The summed E-state index contributed by atoms with van der Waals surface area (Å²) in [5.74, 6) is -0.554. The predicted octanol–water partition coefficient (Wildman–Crippen LogP) is 2.21. The quantitative estimate of drug-likeness (QED) is 0.0638. The van der Waals surface area contributed by atoms with Crippen molar-refractivity contribution in [2.75, 3.05) is 177 Å². The van der Waals surface area contributed by atoms with Crippen LogP contribution in [0.2, 0.25) is 0 Å². The Labute approximate surface area is 446 Å². The summed E-state index contributed by atoms with van der Waals surface area (Å²) in [6.07, 6.45) is 9.28. The second-order valence-electron chi connectivity index (χ2n) is 18.4. The molecule has 4 heterocycles. The van der Waals surface area contributed by atoms with E-state index < -0.39 is 5.41 Å². The van der Waals surface area contributed by atoms with Crippen LogP contribution in [0, 0.1) is 0 Å². The number of rotatable bonds is 41. The molecule has 0 bridgehead atoms. The number of fused-ring (bicyclic) bond motifs is 2. The van der Waals surface area contributed by atoms with Gasteiger partial charge in [-0.05, 0) is 48.6 Å². The fourth-order valence-electron chi connectivity index (χ4n) is 8.58. The maximum absolute atomic E-state index is 13.9. The number of aliphatic hydroxyl groups excluding tert-OH is 1. The van der Waals surface area contributed by atoms with Crippen molar-refractivity contribution in [1.29, 1.82) is 0 Å². The molecule has 22 nitrogen and oxygen atoms in total. The molecule has 0 unspecified atom stereocenters. The number of anilines is 1. The van der Waals surface area contributed by atoms with Gasteiger partial charge in [-0.25, -0.2) is 4.99 Å². The lowest BCUT2D eigenvalue weighted by Gasteiger charge is -2.28. The number of amides is 4. The van der Waals surface area contributed by atoms with Crippen molar-refractivity contribution in [2.24, 2.45) is 10.7 Å². The Morgan fingerprint density at radius 3 is 1.72 bits per heavy atom. The van der Waals surface area contributed by atoms with Crippen LogP contribution < -0.4 is 11.1 Å². The molecule has 1 aromatic heterocycles. The number of aromatic nitrogens is 1. The molecule has 3 aliphatic heterocycles. The molecule has 420 valence electrons. The second-order valence-corrected chi connectivity index (χ2v) is 18.4. The number of aliphatic imine (C=N–C) groups is 1. The molecular weight excluding hydrogens is 987 g/mol. The normalized spacial score (nSPS) is 15.8. The van der Waals surface area contributed by atoms with Gasteiger partial charge >= 0.3 is 0 Å². The first-order valence-corrected chi connectivity index (χ1v) is 26.6. The highest BCUT2D eigenvalue weighted by Gasteiger charge is 2.51. The van der Waals surface area contributed by atoms with E-state index in [0.29, 0.717) is 174 Å². The van der Waals surface area contributed by atoms with Gasteiger partial charge in [-0.3, -0.25) is 34.0 Å². The number of amidine groups is 1. The molecule has 2 aromatic rings. The summed E-state index contributed by atoms with van der Waals surface area (Å²) in [5.41, 5.74) is 11.2. The van der Waals surface area contributed by atoms with E-state index in [9.17, 15) is 24.3 Å². The van der Waals surface area contributed by atoms with E-state index in [1.54, 1.807) is 11.1 Å². The van der Waals surface area contributed by atoms with Crippen molar-refractivity contribution >= 4 is 46.9 Å². The van der Waals surface area contributed by atoms with E-state index in [2.05, 4.69) is 15.2 Å². The minimum Gasteiger partial charge on any atom is -0.395 e. The van der Waals surface area contributed by atoms with E-state index in [1.165, 1.54) is 12.2 Å². The van der Waals surface area contributed by atoms with Gasteiger partial charge in [0, 0.05) is 74.5 Å². The standard InChI is InChI=1S/C54H79N7O15/c1-2-10-60(12-15-62)52(65)43-36-42-3-4-45(39-48(42)58-49(55)38-43)54(8-9-54)53(66)57-46-37-44-41-59(11-7-47(44)56-40-46)13-16-67-18-20-69-22-24-71-26-28-73-30-32-75-34-35-76-33-31-74-29-27-72-25-23-70-21-19-68-17-14-61-50(63)5-6-51(61)64/h3-6,36-37,39-40,62H,2,7-35,38,41H2,1H3,(H2,55,58)(H,57,66). The van der Waals surface area contributed by atoms with Gasteiger partial charge in [-0.2, -0.15) is 0 Å². The summed E-state index contributed by atoms with van der Waals surface area (Å²) in [7, 11) is 0. The van der Waals surface area contributed by atoms with Crippen LogP contribution in [0.25, 0.3) is 6.08 Å². The first-order valence-electron chi connectivity index (χ1n) is 26.6. The summed E-state index contributed by atoms with van der Waals surface area (Å²) in [4.78, 5) is 64.6. The number of carbonyl (C=O) groups excluding carboxylic acids is 4. The van der Waals surface area contributed by atoms with Crippen molar-refractivity contribution in [3.63, 3.8) is 0 Å². The SMILES string of the molecule is CCCN(CCO)C(=O)C1=Cc2ccc(C3(C(=O)Nc4cnc5c(c4)CN(CCOCCOCCOCCOCCOCCOCCOCCOCCOCCOCCN4C(=O)C=CC4=O)CC5)CC3)cc2N=C(N)C1. The van der Waals surface area contributed by atoms with Crippen molar-refractivity contribution < 1.29 is 71.7 Å². The summed E-state index contributed by atoms with van der Waals surface area (Å²) in [5, 5.41) is 12.7. The molecule has 22 heteroatoms. The molecule has 0 atom stereocenters. The predicted molar refractivity (Wildman–Crippen MR) is 281 cm³/mol. The number of hydrogen-bond acceptors (Lipinski definition) is 19. The largest absolute Gasteiger partial charge is 0.395 e. The molecule has 4 aliphatic rings. The summed E-state index contributed by atoms with van der Waals surface area (Å²) in [6, 6.07) is 7.80. The zero-order valence-corrected chi connectivity index (χ0v) is 44.2. The summed E-state index contributed by atoms with van der Waals surface area (Å²) < 4.78 is 55.5. The summed E-state index contributed by atoms with van der Waals surface area (Å²) >= 11 is 0. The smallest absolute Gasteiger partial charge is 0.253 e. The number of ether oxygens (including phenoxy) is 10. The van der Waals surface area contributed by atoms with Crippen LogP contribution >= 0.6 is 0 Å². The molecule has 0 saturated heterocycles. The number of carbonyl (C=O) groups is 4. The lowest BCUT2D eigenvalue weighted by atomic mass is 9.92. The van der Waals surface area contributed by atoms with Crippen molar-refractivity contribution in [2.45, 2.75) is 51.0 Å². The Morgan fingerprint density at radius 2 is 1.22 bits per heavy atom. The van der Waals surface area contributed by atoms with E-state index in [0.717, 1.165) is 53.2 Å². The number of nitrogens with two attached hydrogens (primary N) is 1. The molecule has 0 spiro atoms. The average molecular weight is 1070 g/mol. The average Bonchev–Trinajstić information content (AvgIpc) is 4.21. The first-order chi connectivity index (χ1) is 37.2. The van der Waals surface area contributed by atoms with Crippen LogP contribution in [0.4, 0.5) is 11.4 Å². The van der Waals surface area contributed by atoms with E-state index in [-0.39, 0.29) is 56.4 Å². The first kappa shape index (κ1) is 60.2. The Kier molecular flexibility index (Phi) is 26.9. The van der Waals surface area contributed by atoms with Crippen LogP contribution in [-0.2, 0) is 84.9 Å². The van der Waals surface area contributed by atoms with Gasteiger partial charge in [0.1, 0.15) is 5.84 Å². The van der Waals surface area contributed by atoms with Crippen molar-refractivity contribution in [3.05, 3.63) is 70.6 Å². The van der Waals surface area contributed by atoms with Gasteiger partial charge in [0.15, 0.2) is 0 Å². The second kappa shape index (κ2) is 33.9. The fraction of sp³-hybridized carbons (Fsp3) is 0.630. The highest BCUT2D eigenvalue weighted by atomic mass is 16.6. The van der Waals surface area contributed by atoms with Gasteiger partial charge in [0.25, 0.3) is 11.8 Å². The molecule has 6 rings (SSSR count). The maximum Gasteiger partial charge on any atom is 0.253 e. The molecule has 1 aromatic carbocycles. The number of hydrogen-bond donors (Lipinski definition) is 3. The Bertz CT molecular complexity index is 2200. The number of aliphatic hydroxyl groups is 1. The lowest BCUT2D eigenvalue weighted by Crippen LogP contribution is -2.36. The Hall–Kier alpha value is -5.08. The number of nitrogens with one attached hydrogen (secondary N) is 1. The van der Waals surface area contributed by atoms with Gasteiger partial charge in [0.05, 0.1) is 168 Å². The van der Waals surface area contributed by atoms with Crippen LogP contribution in [-0.4, -0.2) is 226 Å². The zero-order chi connectivity index (χ0) is 53.6. The third-order valence-electron chi connectivity index (χ3n) is 12.8. The monoisotopic (exact) mass is 1070 g/mol. The lowest BCUT2D eigenvalue weighted by molar-refractivity contribution is -0.137. The molecule has 4 amide bonds. The van der Waals surface area contributed by atoms with Crippen LogP contribution in [0.3, 0.4) is 0 Å². The molecule has 1 aliphatic carbocycles. The van der Waals surface area contributed by atoms with Crippen LogP contribution in [0.5, 0.6) is 0 Å². The zero-order valence-electron chi connectivity index (χ0n) is 44.2. The van der Waals surface area contributed by atoms with Gasteiger partial charge in [0.2, 0.25) is 11.8 Å². The highest BCUT2D eigenvalue weighted by molar-refractivity contribution is 6.13. The van der Waals surface area contributed by atoms with Gasteiger partial charge in [-0.1, -0.05) is 19.1 Å². The molecular formula is C54H79N7O15. The Balaban J connectivity index is 0.703. The number of nitrogens with zero attached hydrogens (tertiary/aromatic N) is 5. The third-order valence-corrected chi connectivity index (χ3v) is 12.8. The molecule has 0 radical (unpaired) electrons. The van der Waals surface area contributed by atoms with E-state index in [1.807, 2.05) is 37.3 Å². The topological polar surface area (TPSA) is 254 Å². The van der Waals surface area contributed by atoms with E-state index >= 15 is 0 Å².